The third kappa shape index (κ3) is 8.52. The summed E-state index contributed by atoms with van der Waals surface area (Å²) in [6, 6.07) is 16.0. The number of amides is 1. The maximum absolute atomic E-state index is 14.0. The van der Waals surface area contributed by atoms with Gasteiger partial charge in [0.2, 0.25) is 5.91 Å². The van der Waals surface area contributed by atoms with Crippen LogP contribution in [0, 0.1) is 5.82 Å². The summed E-state index contributed by atoms with van der Waals surface area (Å²) in [4.78, 5) is 49.0. The quantitative estimate of drug-likeness (QED) is 0.371. The second-order valence-electron chi connectivity index (χ2n) is 8.59. The number of carbonyl (C=O) groups is 4. The first-order chi connectivity index (χ1) is 18.1. The molecule has 1 amide bonds. The molecule has 3 rings (SSSR count). The summed E-state index contributed by atoms with van der Waals surface area (Å²) in [6.07, 6.45) is 2.19. The van der Waals surface area contributed by atoms with Crippen molar-refractivity contribution < 1.29 is 38.5 Å². The summed E-state index contributed by atoms with van der Waals surface area (Å²) < 4.78 is 19.4. The van der Waals surface area contributed by atoms with Gasteiger partial charge in [0.25, 0.3) is 0 Å². The van der Waals surface area contributed by atoms with E-state index in [1.54, 1.807) is 26.0 Å². The van der Waals surface area contributed by atoms with E-state index in [0.29, 0.717) is 43.8 Å². The van der Waals surface area contributed by atoms with Gasteiger partial charge in [-0.3, -0.25) is 14.6 Å². The molecule has 38 heavy (non-hydrogen) atoms. The summed E-state index contributed by atoms with van der Waals surface area (Å²) in [5, 5.41) is 15.6. The Balaban J connectivity index is 0.000000550. The van der Waals surface area contributed by atoms with E-state index in [4.69, 9.17) is 14.9 Å². The maximum atomic E-state index is 14.0. The normalized spacial score (nSPS) is 14.7. The van der Waals surface area contributed by atoms with Crippen LogP contribution in [0.25, 0.3) is 0 Å². The minimum Gasteiger partial charge on any atom is -0.478 e. The largest absolute Gasteiger partial charge is 0.478 e. The van der Waals surface area contributed by atoms with Gasteiger partial charge in [0, 0.05) is 43.9 Å². The molecular formula is C28H33FN2O7. The van der Waals surface area contributed by atoms with E-state index in [2.05, 4.69) is 17.0 Å². The van der Waals surface area contributed by atoms with Crippen molar-refractivity contribution in [1.82, 2.24) is 4.90 Å². The van der Waals surface area contributed by atoms with E-state index in [1.165, 1.54) is 22.6 Å². The number of aliphatic carboxylic acids is 2. The summed E-state index contributed by atoms with van der Waals surface area (Å²) in [5.41, 5.74) is 0.462. The van der Waals surface area contributed by atoms with Crippen molar-refractivity contribution in [2.75, 3.05) is 24.6 Å². The molecule has 0 radical (unpaired) electrons. The molecule has 2 aromatic carbocycles. The Morgan fingerprint density at radius 3 is 2.08 bits per heavy atom. The highest BCUT2D eigenvalue weighted by atomic mass is 19.1. The van der Waals surface area contributed by atoms with Crippen molar-refractivity contribution in [3.05, 3.63) is 78.1 Å². The summed E-state index contributed by atoms with van der Waals surface area (Å²) >= 11 is 0. The predicted octanol–water partition coefficient (Wildman–Crippen LogP) is 3.88. The van der Waals surface area contributed by atoms with Gasteiger partial charge in [-0.25, -0.2) is 18.8 Å². The summed E-state index contributed by atoms with van der Waals surface area (Å²) in [5.74, 6) is -3.60. The van der Waals surface area contributed by atoms with Crippen LogP contribution in [0.5, 0.6) is 0 Å². The number of nitrogens with zero attached hydrogens (tertiary/aromatic N) is 2. The Bertz CT molecular complexity index is 1110. The standard InChI is InChI=1S/C24H29FN2O3.C4H4O4/c1-3-22(28)27(21-12-8-11-20(25)17-21)24(23(29)30-4-2)13-15-26(16-14-24)18-19-9-6-5-7-10-19;5-3(6)1-2-4(7)8/h5-12,17H,3-4,13-16,18H2,1-2H3;1-2H,(H,5,6)(H,7,8). The first-order valence-corrected chi connectivity index (χ1v) is 12.3. The van der Waals surface area contributed by atoms with Crippen LogP contribution in [0.1, 0.15) is 38.7 Å². The molecule has 0 spiro atoms. The Morgan fingerprint density at radius 2 is 1.58 bits per heavy atom. The van der Waals surface area contributed by atoms with Crippen LogP contribution < -0.4 is 4.90 Å². The molecule has 2 aromatic rings. The number of anilines is 1. The molecule has 1 saturated heterocycles. The number of hydrogen-bond acceptors (Lipinski definition) is 6. The van der Waals surface area contributed by atoms with E-state index in [0.717, 1.165) is 6.54 Å². The number of ether oxygens (including phenoxy) is 1. The molecule has 9 nitrogen and oxygen atoms in total. The molecule has 10 heteroatoms. The van der Waals surface area contributed by atoms with Crippen molar-refractivity contribution in [2.45, 2.75) is 45.2 Å². The van der Waals surface area contributed by atoms with Crippen LogP contribution in [0.4, 0.5) is 10.1 Å². The van der Waals surface area contributed by atoms with E-state index in [-0.39, 0.29) is 18.9 Å². The predicted molar refractivity (Wildman–Crippen MR) is 139 cm³/mol. The molecule has 0 aromatic heterocycles. The van der Waals surface area contributed by atoms with Gasteiger partial charge >= 0.3 is 17.9 Å². The number of rotatable bonds is 9. The number of halogens is 1. The van der Waals surface area contributed by atoms with Gasteiger partial charge in [0.15, 0.2) is 0 Å². The highest BCUT2D eigenvalue weighted by Crippen LogP contribution is 2.36. The average Bonchev–Trinajstić information content (AvgIpc) is 2.89. The Labute approximate surface area is 221 Å². The number of likely N-dealkylation sites (tertiary alicyclic amines) is 1. The van der Waals surface area contributed by atoms with Crippen LogP contribution >= 0.6 is 0 Å². The minimum atomic E-state index is -1.26. The molecule has 0 aliphatic carbocycles. The van der Waals surface area contributed by atoms with Gasteiger partial charge in [-0.2, -0.15) is 0 Å². The summed E-state index contributed by atoms with van der Waals surface area (Å²) in [6.45, 7) is 5.78. The van der Waals surface area contributed by atoms with Gasteiger partial charge in [-0.1, -0.05) is 43.3 Å². The Morgan fingerprint density at radius 1 is 0.974 bits per heavy atom. The minimum absolute atomic E-state index is 0.214. The Kier molecular flexibility index (Phi) is 11.6. The van der Waals surface area contributed by atoms with Gasteiger partial charge in [0.1, 0.15) is 11.4 Å². The fraction of sp³-hybridized carbons (Fsp3) is 0.357. The zero-order chi connectivity index (χ0) is 28.1. The monoisotopic (exact) mass is 528 g/mol. The van der Waals surface area contributed by atoms with Crippen LogP contribution in [-0.4, -0.2) is 64.2 Å². The molecule has 204 valence electrons. The zero-order valence-electron chi connectivity index (χ0n) is 21.5. The van der Waals surface area contributed by atoms with Crippen molar-refractivity contribution in [1.29, 1.82) is 0 Å². The molecule has 0 saturated carbocycles. The molecule has 0 unspecified atom stereocenters. The highest BCUT2D eigenvalue weighted by molar-refractivity contribution is 6.02. The van der Waals surface area contributed by atoms with Gasteiger partial charge < -0.3 is 14.9 Å². The number of esters is 1. The number of benzene rings is 2. The molecule has 1 fully saturated rings. The van der Waals surface area contributed by atoms with Crippen molar-refractivity contribution in [2.24, 2.45) is 0 Å². The molecule has 1 aliphatic heterocycles. The number of carboxylic acids is 2. The molecule has 1 aliphatic rings. The molecule has 2 N–H and O–H groups in total. The molecular weight excluding hydrogens is 495 g/mol. The first kappa shape index (κ1) is 30.2. The smallest absolute Gasteiger partial charge is 0.332 e. The van der Waals surface area contributed by atoms with Crippen LogP contribution in [0.3, 0.4) is 0 Å². The second-order valence-corrected chi connectivity index (χ2v) is 8.59. The fourth-order valence-corrected chi connectivity index (χ4v) is 4.25. The topological polar surface area (TPSA) is 124 Å². The fourth-order valence-electron chi connectivity index (χ4n) is 4.25. The van der Waals surface area contributed by atoms with E-state index in [1.807, 2.05) is 18.2 Å². The third-order valence-electron chi connectivity index (χ3n) is 6.00. The van der Waals surface area contributed by atoms with E-state index in [9.17, 15) is 23.6 Å². The van der Waals surface area contributed by atoms with Crippen LogP contribution in [0.15, 0.2) is 66.7 Å². The molecule has 1 heterocycles. The van der Waals surface area contributed by atoms with Crippen molar-refractivity contribution >= 4 is 29.5 Å². The lowest BCUT2D eigenvalue weighted by atomic mass is 9.84. The lowest BCUT2D eigenvalue weighted by Gasteiger charge is -2.46. The number of hydrogen-bond donors (Lipinski definition) is 2. The average molecular weight is 529 g/mol. The van der Waals surface area contributed by atoms with E-state index >= 15 is 0 Å². The van der Waals surface area contributed by atoms with E-state index < -0.39 is 29.3 Å². The first-order valence-electron chi connectivity index (χ1n) is 12.3. The Hall–Kier alpha value is -4.05. The second kappa shape index (κ2) is 14.6. The number of carboxylic acid groups (broad SMARTS) is 2. The molecule has 0 atom stereocenters. The number of piperidine rings is 1. The van der Waals surface area contributed by atoms with Gasteiger partial charge in [-0.15, -0.1) is 0 Å². The third-order valence-corrected chi connectivity index (χ3v) is 6.00. The zero-order valence-corrected chi connectivity index (χ0v) is 21.5. The van der Waals surface area contributed by atoms with Gasteiger partial charge in [-0.05, 0) is 43.5 Å². The van der Waals surface area contributed by atoms with Gasteiger partial charge in [0.05, 0.1) is 6.61 Å². The summed E-state index contributed by atoms with van der Waals surface area (Å²) in [7, 11) is 0. The lowest BCUT2D eigenvalue weighted by Crippen LogP contribution is -2.62. The van der Waals surface area contributed by atoms with Crippen molar-refractivity contribution in [3.8, 4) is 0 Å². The van der Waals surface area contributed by atoms with Crippen LogP contribution in [-0.2, 0) is 30.5 Å². The lowest BCUT2D eigenvalue weighted by molar-refractivity contribution is -0.153. The number of carbonyl (C=O) groups excluding carboxylic acids is 2. The molecule has 0 bridgehead atoms. The van der Waals surface area contributed by atoms with Crippen molar-refractivity contribution in [3.63, 3.8) is 0 Å². The SMILES string of the molecule is CCOC(=O)C1(N(C(=O)CC)c2cccc(F)c2)CCN(Cc2ccccc2)CC1.O=C(O)C=CC(=O)O. The maximum Gasteiger partial charge on any atom is 0.332 e. The highest BCUT2D eigenvalue weighted by Gasteiger charge is 2.50. The van der Waals surface area contributed by atoms with Crippen LogP contribution in [0.2, 0.25) is 0 Å².